The first-order valence-electron chi connectivity index (χ1n) is 7.33. The number of hydrogen-bond donors (Lipinski definition) is 1. The van der Waals surface area contributed by atoms with Crippen LogP contribution in [0.15, 0.2) is 12.4 Å². The summed E-state index contributed by atoms with van der Waals surface area (Å²) < 4.78 is 2.04. The fraction of sp³-hybridized carbons (Fsp3) is 0.600. The number of thiazole rings is 1. The summed E-state index contributed by atoms with van der Waals surface area (Å²) in [5.74, 6) is 1.60. The predicted octanol–water partition coefficient (Wildman–Crippen LogP) is 2.99. The SMILES string of the molecule is CC(C)Cc1nc(-c2nccn2C)sc1CNC1CC1. The summed E-state index contributed by atoms with van der Waals surface area (Å²) >= 11 is 1.79. The van der Waals surface area contributed by atoms with Crippen molar-refractivity contribution in [3.8, 4) is 10.8 Å². The second kappa shape index (κ2) is 5.66. The highest BCUT2D eigenvalue weighted by atomic mass is 32.1. The standard InChI is InChI=1S/C15H22N4S/c1-10(2)8-12-13(9-17-11-4-5-11)20-15(18-12)14-16-6-7-19(14)3/h6-7,10-11,17H,4-5,8-9H2,1-3H3. The van der Waals surface area contributed by atoms with E-state index in [-0.39, 0.29) is 0 Å². The monoisotopic (exact) mass is 290 g/mol. The molecular weight excluding hydrogens is 268 g/mol. The van der Waals surface area contributed by atoms with Gasteiger partial charge in [0.2, 0.25) is 0 Å². The lowest BCUT2D eigenvalue weighted by molar-refractivity contribution is 0.624. The molecule has 4 nitrogen and oxygen atoms in total. The zero-order chi connectivity index (χ0) is 14.1. The van der Waals surface area contributed by atoms with Gasteiger partial charge in [-0.25, -0.2) is 9.97 Å². The molecule has 0 unspecified atom stereocenters. The van der Waals surface area contributed by atoms with Crippen LogP contribution in [0.3, 0.4) is 0 Å². The van der Waals surface area contributed by atoms with E-state index in [1.54, 1.807) is 11.3 Å². The molecule has 1 fully saturated rings. The van der Waals surface area contributed by atoms with Gasteiger partial charge in [0.15, 0.2) is 10.8 Å². The van der Waals surface area contributed by atoms with Crippen molar-refractivity contribution in [2.45, 2.75) is 45.7 Å². The molecule has 5 heteroatoms. The predicted molar refractivity (Wildman–Crippen MR) is 82.7 cm³/mol. The lowest BCUT2D eigenvalue weighted by Crippen LogP contribution is -2.15. The van der Waals surface area contributed by atoms with E-state index in [4.69, 9.17) is 4.98 Å². The Morgan fingerprint density at radius 2 is 2.25 bits per heavy atom. The topological polar surface area (TPSA) is 42.7 Å². The minimum absolute atomic E-state index is 0.631. The Kier molecular flexibility index (Phi) is 3.89. The van der Waals surface area contributed by atoms with Gasteiger partial charge in [-0.3, -0.25) is 0 Å². The van der Waals surface area contributed by atoms with E-state index in [2.05, 4.69) is 24.1 Å². The van der Waals surface area contributed by atoms with Gasteiger partial charge >= 0.3 is 0 Å². The first-order chi connectivity index (χ1) is 9.63. The van der Waals surface area contributed by atoms with Gasteiger partial charge in [0.25, 0.3) is 0 Å². The van der Waals surface area contributed by atoms with Crippen molar-refractivity contribution >= 4 is 11.3 Å². The Morgan fingerprint density at radius 1 is 1.45 bits per heavy atom. The lowest BCUT2D eigenvalue weighted by Gasteiger charge is -2.05. The fourth-order valence-corrected chi connectivity index (χ4v) is 3.34. The molecule has 1 saturated carbocycles. The molecule has 0 saturated heterocycles. The van der Waals surface area contributed by atoms with E-state index in [0.29, 0.717) is 5.92 Å². The molecular formula is C15H22N4S. The highest BCUT2D eigenvalue weighted by Crippen LogP contribution is 2.29. The van der Waals surface area contributed by atoms with Gasteiger partial charge in [-0.1, -0.05) is 13.8 Å². The summed E-state index contributed by atoms with van der Waals surface area (Å²) in [7, 11) is 2.02. The summed E-state index contributed by atoms with van der Waals surface area (Å²) in [6, 6.07) is 0.737. The van der Waals surface area contributed by atoms with E-state index in [0.717, 1.165) is 29.8 Å². The zero-order valence-corrected chi connectivity index (χ0v) is 13.2. The van der Waals surface area contributed by atoms with Crippen LogP contribution in [-0.4, -0.2) is 20.6 Å². The molecule has 108 valence electrons. The second-order valence-corrected chi connectivity index (χ2v) is 7.09. The Bertz CT molecular complexity index is 580. The van der Waals surface area contributed by atoms with E-state index < -0.39 is 0 Å². The number of rotatable bonds is 6. The number of imidazole rings is 1. The molecule has 0 spiro atoms. The third-order valence-corrected chi connectivity index (χ3v) is 4.61. The van der Waals surface area contributed by atoms with Crippen LogP contribution in [0, 0.1) is 5.92 Å². The van der Waals surface area contributed by atoms with Gasteiger partial charge < -0.3 is 9.88 Å². The molecule has 0 amide bonds. The average Bonchev–Trinajstić information content (AvgIpc) is 3.00. The quantitative estimate of drug-likeness (QED) is 0.889. The maximum absolute atomic E-state index is 4.85. The molecule has 0 bridgehead atoms. The largest absolute Gasteiger partial charge is 0.332 e. The minimum Gasteiger partial charge on any atom is -0.332 e. The molecule has 1 aliphatic carbocycles. The highest BCUT2D eigenvalue weighted by molar-refractivity contribution is 7.15. The van der Waals surface area contributed by atoms with Gasteiger partial charge in [-0.15, -0.1) is 11.3 Å². The normalized spacial score (nSPS) is 15.2. The molecule has 2 aromatic rings. The molecule has 0 radical (unpaired) electrons. The first kappa shape index (κ1) is 13.8. The van der Waals surface area contributed by atoms with Crippen LogP contribution in [-0.2, 0) is 20.0 Å². The van der Waals surface area contributed by atoms with Crippen molar-refractivity contribution in [3.63, 3.8) is 0 Å². The number of aryl methyl sites for hydroxylation is 1. The highest BCUT2D eigenvalue weighted by Gasteiger charge is 2.22. The van der Waals surface area contributed by atoms with Crippen molar-refractivity contribution in [2.24, 2.45) is 13.0 Å². The number of aromatic nitrogens is 3. The van der Waals surface area contributed by atoms with Gasteiger partial charge in [0.1, 0.15) is 0 Å². The molecule has 20 heavy (non-hydrogen) atoms. The molecule has 2 aromatic heterocycles. The van der Waals surface area contributed by atoms with Gasteiger partial charge in [0.05, 0.1) is 5.69 Å². The second-order valence-electron chi connectivity index (χ2n) is 6.00. The lowest BCUT2D eigenvalue weighted by atomic mass is 10.1. The molecule has 2 heterocycles. The fourth-order valence-electron chi connectivity index (χ4n) is 2.26. The average molecular weight is 290 g/mol. The first-order valence-corrected chi connectivity index (χ1v) is 8.14. The summed E-state index contributed by atoms with van der Waals surface area (Å²) in [5.41, 5.74) is 1.25. The maximum atomic E-state index is 4.85. The van der Waals surface area contributed by atoms with Crippen molar-refractivity contribution in [3.05, 3.63) is 23.0 Å². The molecule has 3 rings (SSSR count). The summed E-state index contributed by atoms with van der Waals surface area (Å²) in [4.78, 5) is 10.6. The summed E-state index contributed by atoms with van der Waals surface area (Å²) in [6.45, 7) is 5.45. The van der Waals surface area contributed by atoms with E-state index >= 15 is 0 Å². The molecule has 1 aliphatic rings. The van der Waals surface area contributed by atoms with Crippen LogP contribution in [0.5, 0.6) is 0 Å². The number of nitrogens with zero attached hydrogens (tertiary/aromatic N) is 3. The van der Waals surface area contributed by atoms with Crippen molar-refractivity contribution in [2.75, 3.05) is 0 Å². The molecule has 0 aliphatic heterocycles. The van der Waals surface area contributed by atoms with Crippen LogP contribution < -0.4 is 5.32 Å². The Morgan fingerprint density at radius 3 is 2.85 bits per heavy atom. The van der Waals surface area contributed by atoms with Gasteiger partial charge in [0, 0.05) is 36.9 Å². The van der Waals surface area contributed by atoms with Crippen molar-refractivity contribution < 1.29 is 0 Å². The van der Waals surface area contributed by atoms with Gasteiger partial charge in [-0.05, 0) is 25.2 Å². The minimum atomic E-state index is 0.631. The van der Waals surface area contributed by atoms with Crippen molar-refractivity contribution in [1.29, 1.82) is 0 Å². The van der Waals surface area contributed by atoms with Crippen LogP contribution in [0.1, 0.15) is 37.3 Å². The van der Waals surface area contributed by atoms with E-state index in [1.165, 1.54) is 23.4 Å². The van der Waals surface area contributed by atoms with Crippen LogP contribution >= 0.6 is 11.3 Å². The zero-order valence-electron chi connectivity index (χ0n) is 12.4. The summed E-state index contributed by atoms with van der Waals surface area (Å²) in [5, 5.41) is 4.65. The third kappa shape index (κ3) is 3.10. The Hall–Kier alpha value is -1.20. The van der Waals surface area contributed by atoms with Crippen molar-refractivity contribution in [1.82, 2.24) is 19.9 Å². The maximum Gasteiger partial charge on any atom is 0.168 e. The third-order valence-electron chi connectivity index (χ3n) is 3.52. The molecule has 0 aromatic carbocycles. The van der Waals surface area contributed by atoms with E-state index in [1.807, 2.05) is 24.0 Å². The Labute approximate surface area is 124 Å². The molecule has 0 atom stereocenters. The van der Waals surface area contributed by atoms with Gasteiger partial charge in [-0.2, -0.15) is 0 Å². The van der Waals surface area contributed by atoms with E-state index in [9.17, 15) is 0 Å². The van der Waals surface area contributed by atoms with Crippen LogP contribution in [0.25, 0.3) is 10.8 Å². The smallest absolute Gasteiger partial charge is 0.168 e. The Balaban J connectivity index is 1.85. The van der Waals surface area contributed by atoms with Crippen LogP contribution in [0.4, 0.5) is 0 Å². The van der Waals surface area contributed by atoms with Crippen LogP contribution in [0.2, 0.25) is 0 Å². The number of nitrogens with one attached hydrogen (secondary N) is 1. The molecule has 1 N–H and O–H groups in total. The summed E-state index contributed by atoms with van der Waals surface area (Å²) in [6.07, 6.45) is 7.50. The number of hydrogen-bond acceptors (Lipinski definition) is 4.